The van der Waals surface area contributed by atoms with Gasteiger partial charge in [0.15, 0.2) is 5.58 Å². The van der Waals surface area contributed by atoms with Gasteiger partial charge in [0.1, 0.15) is 5.52 Å². The number of fused-ring (bicyclic) bond motifs is 1. The lowest BCUT2D eigenvalue weighted by atomic mass is 10.3. The molecule has 0 atom stereocenters. The van der Waals surface area contributed by atoms with Crippen molar-refractivity contribution < 1.29 is 9.21 Å². The molecule has 4 heteroatoms. The first-order valence-corrected chi connectivity index (χ1v) is 5.38. The highest BCUT2D eigenvalue weighted by molar-refractivity contribution is 7.98. The zero-order chi connectivity index (χ0) is 10.1. The maximum Gasteiger partial charge on any atom is 0.263 e. The number of oxazole rings is 1. The van der Waals surface area contributed by atoms with E-state index in [4.69, 9.17) is 4.42 Å². The number of nitrogens with zero attached hydrogens (tertiary/aromatic N) is 1. The number of Topliss-reactive ketones (excluding diaryl/α,β-unsaturated/α-hetero) is 1. The van der Waals surface area contributed by atoms with Crippen LogP contribution < -0.4 is 0 Å². The molecule has 2 rings (SSSR count). The van der Waals surface area contributed by atoms with Crippen molar-refractivity contribution in [2.24, 2.45) is 0 Å². The second-order valence-electron chi connectivity index (χ2n) is 2.91. The van der Waals surface area contributed by atoms with Gasteiger partial charge in [0.05, 0.1) is 0 Å². The normalized spacial score (nSPS) is 10.7. The van der Waals surface area contributed by atoms with Crippen LogP contribution in [0.1, 0.15) is 17.6 Å². The second kappa shape index (κ2) is 3.46. The fraction of sp³-hybridized carbons (Fsp3) is 0.200. The van der Waals surface area contributed by atoms with Crippen molar-refractivity contribution in [1.82, 2.24) is 4.98 Å². The number of benzene rings is 1. The van der Waals surface area contributed by atoms with Crippen LogP contribution in [0.5, 0.6) is 0 Å². The molecule has 0 unspecified atom stereocenters. The number of aromatic nitrogens is 1. The SMILES string of the molecule is CSc1ccc2nc(C(C)=O)oc2c1. The van der Waals surface area contributed by atoms with Gasteiger partial charge >= 0.3 is 0 Å². The molecule has 1 heterocycles. The van der Waals surface area contributed by atoms with Crippen LogP contribution in [0.25, 0.3) is 11.1 Å². The lowest BCUT2D eigenvalue weighted by molar-refractivity contribution is 0.0983. The average molecular weight is 207 g/mol. The summed E-state index contributed by atoms with van der Waals surface area (Å²) in [5.74, 6) is 0.0326. The van der Waals surface area contributed by atoms with E-state index < -0.39 is 0 Å². The summed E-state index contributed by atoms with van der Waals surface area (Å²) in [5, 5.41) is 0. The third-order valence-electron chi connectivity index (χ3n) is 1.90. The van der Waals surface area contributed by atoms with E-state index in [1.165, 1.54) is 6.92 Å². The molecule has 1 aromatic heterocycles. The number of carbonyl (C=O) groups excluding carboxylic acids is 1. The maximum atomic E-state index is 11.0. The minimum Gasteiger partial charge on any atom is -0.434 e. The average Bonchev–Trinajstić information content (AvgIpc) is 2.59. The molecule has 0 amide bonds. The molecule has 0 saturated heterocycles. The molecule has 0 aliphatic heterocycles. The lowest BCUT2D eigenvalue weighted by Crippen LogP contribution is -1.89. The first-order valence-electron chi connectivity index (χ1n) is 4.16. The van der Waals surface area contributed by atoms with Crippen LogP contribution in [0, 0.1) is 0 Å². The summed E-state index contributed by atoms with van der Waals surface area (Å²) in [6.45, 7) is 1.44. The van der Waals surface area contributed by atoms with Crippen molar-refractivity contribution >= 4 is 28.6 Å². The molecule has 0 N–H and O–H groups in total. The predicted molar refractivity (Wildman–Crippen MR) is 55.8 cm³/mol. The minimum atomic E-state index is -0.146. The van der Waals surface area contributed by atoms with Crippen molar-refractivity contribution in [1.29, 1.82) is 0 Å². The monoisotopic (exact) mass is 207 g/mol. The van der Waals surface area contributed by atoms with Crippen LogP contribution in [-0.2, 0) is 0 Å². The highest BCUT2D eigenvalue weighted by Gasteiger charge is 2.09. The van der Waals surface area contributed by atoms with Crippen molar-refractivity contribution in [3.63, 3.8) is 0 Å². The quantitative estimate of drug-likeness (QED) is 0.561. The van der Waals surface area contributed by atoms with Gasteiger partial charge in [-0.15, -0.1) is 11.8 Å². The third-order valence-corrected chi connectivity index (χ3v) is 2.62. The van der Waals surface area contributed by atoms with Crippen LogP contribution in [0.4, 0.5) is 0 Å². The first-order chi connectivity index (χ1) is 6.70. The predicted octanol–water partition coefficient (Wildman–Crippen LogP) is 2.75. The fourth-order valence-electron chi connectivity index (χ4n) is 1.18. The van der Waals surface area contributed by atoms with Gasteiger partial charge in [0, 0.05) is 11.8 Å². The Balaban J connectivity index is 2.60. The topological polar surface area (TPSA) is 43.1 Å². The zero-order valence-electron chi connectivity index (χ0n) is 7.90. The first kappa shape index (κ1) is 9.27. The van der Waals surface area contributed by atoms with Crippen molar-refractivity contribution in [3.8, 4) is 0 Å². The number of rotatable bonds is 2. The molecule has 0 bridgehead atoms. The Morgan fingerprint density at radius 1 is 1.50 bits per heavy atom. The van der Waals surface area contributed by atoms with E-state index >= 15 is 0 Å². The summed E-state index contributed by atoms with van der Waals surface area (Å²) in [7, 11) is 0. The molecule has 0 radical (unpaired) electrons. The summed E-state index contributed by atoms with van der Waals surface area (Å²) < 4.78 is 5.30. The smallest absolute Gasteiger partial charge is 0.263 e. The molecule has 14 heavy (non-hydrogen) atoms. The van der Waals surface area contributed by atoms with E-state index in [-0.39, 0.29) is 11.7 Å². The summed E-state index contributed by atoms with van der Waals surface area (Å²) >= 11 is 1.63. The second-order valence-corrected chi connectivity index (χ2v) is 3.79. The number of ketones is 1. The highest BCUT2D eigenvalue weighted by atomic mass is 32.2. The van der Waals surface area contributed by atoms with Crippen molar-refractivity contribution in [3.05, 3.63) is 24.1 Å². The Hall–Kier alpha value is -1.29. The Morgan fingerprint density at radius 2 is 2.29 bits per heavy atom. The molecule has 0 aliphatic carbocycles. The Morgan fingerprint density at radius 3 is 2.93 bits per heavy atom. The maximum absolute atomic E-state index is 11.0. The molecular formula is C10H9NO2S. The van der Waals surface area contributed by atoms with Gasteiger partial charge in [0.25, 0.3) is 5.89 Å². The fourth-order valence-corrected chi connectivity index (χ4v) is 1.61. The van der Waals surface area contributed by atoms with Gasteiger partial charge in [-0.25, -0.2) is 4.98 Å². The minimum absolute atomic E-state index is 0.146. The van der Waals surface area contributed by atoms with Gasteiger partial charge in [-0.05, 0) is 24.5 Å². The molecule has 0 fully saturated rings. The van der Waals surface area contributed by atoms with Crippen LogP contribution in [0.2, 0.25) is 0 Å². The summed E-state index contributed by atoms with van der Waals surface area (Å²) in [6, 6.07) is 5.70. The molecule has 0 aliphatic rings. The number of hydrogen-bond donors (Lipinski definition) is 0. The summed E-state index contributed by atoms with van der Waals surface area (Å²) in [5.41, 5.74) is 1.40. The van der Waals surface area contributed by atoms with Gasteiger partial charge in [0.2, 0.25) is 5.78 Å². The van der Waals surface area contributed by atoms with Gasteiger partial charge < -0.3 is 4.42 Å². The molecule has 72 valence electrons. The molecule has 1 aromatic carbocycles. The Labute approximate surface area is 85.5 Å². The van der Waals surface area contributed by atoms with Crippen LogP contribution in [0.15, 0.2) is 27.5 Å². The molecule has 2 aromatic rings. The lowest BCUT2D eigenvalue weighted by Gasteiger charge is -1.92. The van der Waals surface area contributed by atoms with Crippen LogP contribution in [0.3, 0.4) is 0 Å². The van der Waals surface area contributed by atoms with Crippen molar-refractivity contribution in [2.75, 3.05) is 6.26 Å². The van der Waals surface area contributed by atoms with E-state index in [1.54, 1.807) is 11.8 Å². The van der Waals surface area contributed by atoms with Gasteiger partial charge in [-0.2, -0.15) is 0 Å². The Kier molecular flexibility index (Phi) is 2.29. The number of thioether (sulfide) groups is 1. The van der Waals surface area contributed by atoms with Gasteiger partial charge in [-0.1, -0.05) is 0 Å². The molecule has 0 saturated carbocycles. The van der Waals surface area contributed by atoms with E-state index in [1.807, 2.05) is 24.5 Å². The molecule has 3 nitrogen and oxygen atoms in total. The molecular weight excluding hydrogens is 198 g/mol. The summed E-state index contributed by atoms with van der Waals surface area (Å²) in [6.07, 6.45) is 1.99. The highest BCUT2D eigenvalue weighted by Crippen LogP contribution is 2.22. The van der Waals surface area contributed by atoms with Gasteiger partial charge in [-0.3, -0.25) is 4.79 Å². The zero-order valence-corrected chi connectivity index (χ0v) is 8.72. The van der Waals surface area contributed by atoms with E-state index in [0.717, 1.165) is 10.4 Å². The van der Waals surface area contributed by atoms with E-state index in [0.29, 0.717) is 5.58 Å². The summed E-state index contributed by atoms with van der Waals surface area (Å²) in [4.78, 5) is 16.2. The van der Waals surface area contributed by atoms with E-state index in [9.17, 15) is 4.79 Å². The van der Waals surface area contributed by atoms with Crippen LogP contribution in [-0.4, -0.2) is 17.0 Å². The Bertz CT molecular complexity index is 490. The van der Waals surface area contributed by atoms with Crippen LogP contribution >= 0.6 is 11.8 Å². The standard InChI is InChI=1S/C10H9NO2S/c1-6(12)10-11-8-4-3-7(14-2)5-9(8)13-10/h3-5H,1-2H3. The van der Waals surface area contributed by atoms with Crippen molar-refractivity contribution in [2.45, 2.75) is 11.8 Å². The number of carbonyl (C=O) groups is 1. The molecule has 0 spiro atoms. The third kappa shape index (κ3) is 1.53. The largest absolute Gasteiger partial charge is 0.434 e. The number of hydrogen-bond acceptors (Lipinski definition) is 4. The van der Waals surface area contributed by atoms with E-state index in [2.05, 4.69) is 4.98 Å².